The van der Waals surface area contributed by atoms with E-state index in [0.717, 1.165) is 49.8 Å². The average molecular weight is 264 g/mol. The Kier molecular flexibility index (Phi) is 4.66. The second-order valence-electron chi connectivity index (χ2n) is 5.08. The van der Waals surface area contributed by atoms with Crippen LogP contribution in [0, 0.1) is 13.8 Å². The average Bonchev–Trinajstić information content (AvgIpc) is 2.42. The summed E-state index contributed by atoms with van der Waals surface area (Å²) in [5.41, 5.74) is 3.64. The molecule has 1 fully saturated rings. The van der Waals surface area contributed by atoms with Gasteiger partial charge in [-0.05, 0) is 25.0 Å². The molecule has 0 saturated carbocycles. The van der Waals surface area contributed by atoms with Crippen molar-refractivity contribution in [2.45, 2.75) is 20.4 Å². The van der Waals surface area contributed by atoms with E-state index in [1.165, 1.54) is 11.1 Å². The molecular formula is C15H24N2O2. The molecule has 1 aliphatic heterocycles. The quantitative estimate of drug-likeness (QED) is 0.898. The zero-order valence-corrected chi connectivity index (χ0v) is 12.4. The Bertz CT molecular complexity index is 440. The maximum atomic E-state index is 5.60. The summed E-state index contributed by atoms with van der Waals surface area (Å²) in [5, 5.41) is 3.38. The van der Waals surface area contributed by atoms with Crippen LogP contribution in [0.4, 0.5) is 0 Å². The Morgan fingerprint density at radius 2 is 1.68 bits per heavy atom. The molecule has 0 atom stereocenters. The predicted octanol–water partition coefficient (Wildman–Crippen LogP) is 1.73. The number of rotatable bonds is 4. The Morgan fingerprint density at radius 3 is 2.26 bits per heavy atom. The zero-order chi connectivity index (χ0) is 13.8. The monoisotopic (exact) mass is 264 g/mol. The van der Waals surface area contributed by atoms with Crippen molar-refractivity contribution in [2.75, 3.05) is 40.4 Å². The van der Waals surface area contributed by atoms with Crippen LogP contribution in [0.25, 0.3) is 0 Å². The molecule has 1 heterocycles. The second-order valence-corrected chi connectivity index (χ2v) is 5.08. The van der Waals surface area contributed by atoms with Crippen molar-refractivity contribution >= 4 is 0 Å². The third-order valence-electron chi connectivity index (χ3n) is 3.75. The molecule has 0 amide bonds. The van der Waals surface area contributed by atoms with Gasteiger partial charge in [0, 0.05) is 38.3 Å². The minimum absolute atomic E-state index is 0.859. The fraction of sp³-hybridized carbons (Fsp3) is 0.600. The predicted molar refractivity (Wildman–Crippen MR) is 77.2 cm³/mol. The van der Waals surface area contributed by atoms with Crippen LogP contribution in [-0.4, -0.2) is 45.3 Å². The molecule has 0 radical (unpaired) electrons. The zero-order valence-electron chi connectivity index (χ0n) is 12.4. The van der Waals surface area contributed by atoms with E-state index < -0.39 is 0 Å². The van der Waals surface area contributed by atoms with E-state index in [-0.39, 0.29) is 0 Å². The molecule has 1 aromatic carbocycles. The van der Waals surface area contributed by atoms with Gasteiger partial charge in [-0.3, -0.25) is 4.90 Å². The van der Waals surface area contributed by atoms with Crippen LogP contribution in [0.15, 0.2) is 6.07 Å². The fourth-order valence-corrected chi connectivity index (χ4v) is 2.73. The number of hydrogen-bond acceptors (Lipinski definition) is 4. The Labute approximate surface area is 115 Å². The highest BCUT2D eigenvalue weighted by molar-refractivity contribution is 5.55. The van der Waals surface area contributed by atoms with Gasteiger partial charge in [0.2, 0.25) is 0 Å². The lowest BCUT2D eigenvalue weighted by atomic mass is 10.0. The number of aryl methyl sites for hydroxylation is 2. The summed E-state index contributed by atoms with van der Waals surface area (Å²) in [4.78, 5) is 2.45. The highest BCUT2D eigenvalue weighted by Gasteiger charge is 2.19. The summed E-state index contributed by atoms with van der Waals surface area (Å²) in [5.74, 6) is 1.75. The minimum Gasteiger partial charge on any atom is -0.493 e. The molecule has 1 N–H and O–H groups in total. The van der Waals surface area contributed by atoms with E-state index in [4.69, 9.17) is 9.47 Å². The number of hydrogen-bond donors (Lipinski definition) is 1. The molecule has 0 unspecified atom stereocenters. The van der Waals surface area contributed by atoms with Crippen molar-refractivity contribution < 1.29 is 9.47 Å². The van der Waals surface area contributed by atoms with Crippen LogP contribution in [0.3, 0.4) is 0 Å². The van der Waals surface area contributed by atoms with E-state index in [1.54, 1.807) is 14.2 Å². The lowest BCUT2D eigenvalue weighted by Gasteiger charge is -2.29. The molecule has 0 aromatic heterocycles. The number of ether oxygens (including phenoxy) is 2. The van der Waals surface area contributed by atoms with Crippen LogP contribution in [0.1, 0.15) is 16.7 Å². The standard InChI is InChI=1S/C15H24N2O2/c1-11-9-12(2)14(18-3)15(19-4)13(11)10-17-7-5-16-6-8-17/h9,16H,5-8,10H2,1-4H3. The first-order valence-electron chi connectivity index (χ1n) is 6.81. The first kappa shape index (κ1) is 14.2. The third-order valence-corrected chi connectivity index (χ3v) is 3.75. The molecular weight excluding hydrogens is 240 g/mol. The molecule has 19 heavy (non-hydrogen) atoms. The Hall–Kier alpha value is -1.26. The van der Waals surface area contributed by atoms with Gasteiger partial charge in [0.05, 0.1) is 14.2 Å². The van der Waals surface area contributed by atoms with Gasteiger partial charge in [0.1, 0.15) is 0 Å². The van der Waals surface area contributed by atoms with E-state index >= 15 is 0 Å². The highest BCUT2D eigenvalue weighted by Crippen LogP contribution is 2.37. The van der Waals surface area contributed by atoms with Gasteiger partial charge in [0.25, 0.3) is 0 Å². The van der Waals surface area contributed by atoms with Crippen molar-refractivity contribution in [3.05, 3.63) is 22.8 Å². The van der Waals surface area contributed by atoms with Crippen LogP contribution in [0.2, 0.25) is 0 Å². The summed E-state index contributed by atoms with van der Waals surface area (Å²) >= 11 is 0. The maximum Gasteiger partial charge on any atom is 0.165 e. The Morgan fingerprint density at radius 1 is 1.05 bits per heavy atom. The molecule has 4 nitrogen and oxygen atoms in total. The lowest BCUT2D eigenvalue weighted by molar-refractivity contribution is 0.228. The van der Waals surface area contributed by atoms with E-state index in [1.807, 2.05) is 0 Å². The number of methoxy groups -OCH3 is 2. The molecule has 0 aliphatic carbocycles. The van der Waals surface area contributed by atoms with Gasteiger partial charge in [-0.2, -0.15) is 0 Å². The summed E-state index contributed by atoms with van der Waals surface area (Å²) in [7, 11) is 3.42. The smallest absolute Gasteiger partial charge is 0.165 e. The molecule has 0 spiro atoms. The number of piperazine rings is 1. The van der Waals surface area contributed by atoms with Gasteiger partial charge in [0.15, 0.2) is 11.5 Å². The highest BCUT2D eigenvalue weighted by atomic mass is 16.5. The van der Waals surface area contributed by atoms with Gasteiger partial charge in [-0.25, -0.2) is 0 Å². The van der Waals surface area contributed by atoms with Crippen molar-refractivity contribution in [2.24, 2.45) is 0 Å². The number of nitrogens with zero attached hydrogens (tertiary/aromatic N) is 1. The van der Waals surface area contributed by atoms with Gasteiger partial charge < -0.3 is 14.8 Å². The summed E-state index contributed by atoms with van der Waals surface area (Å²) in [6.45, 7) is 9.41. The molecule has 106 valence electrons. The van der Waals surface area contributed by atoms with Crippen molar-refractivity contribution in [3.63, 3.8) is 0 Å². The largest absolute Gasteiger partial charge is 0.493 e. The minimum atomic E-state index is 0.859. The lowest BCUT2D eigenvalue weighted by Crippen LogP contribution is -2.43. The van der Waals surface area contributed by atoms with Crippen LogP contribution in [0.5, 0.6) is 11.5 Å². The first-order chi connectivity index (χ1) is 9.17. The summed E-state index contributed by atoms with van der Waals surface area (Å²) in [6.07, 6.45) is 0. The fourth-order valence-electron chi connectivity index (χ4n) is 2.73. The van der Waals surface area contributed by atoms with Gasteiger partial charge in [-0.1, -0.05) is 6.07 Å². The molecule has 4 heteroatoms. The maximum absolute atomic E-state index is 5.60. The summed E-state index contributed by atoms with van der Waals surface area (Å²) < 4.78 is 11.1. The summed E-state index contributed by atoms with van der Waals surface area (Å²) in [6, 6.07) is 2.18. The molecule has 1 aromatic rings. The van der Waals surface area contributed by atoms with Crippen molar-refractivity contribution in [1.29, 1.82) is 0 Å². The van der Waals surface area contributed by atoms with E-state index in [0.29, 0.717) is 0 Å². The van der Waals surface area contributed by atoms with Gasteiger partial charge >= 0.3 is 0 Å². The molecule has 1 aliphatic rings. The second kappa shape index (κ2) is 6.26. The Balaban J connectivity index is 2.32. The van der Waals surface area contributed by atoms with Gasteiger partial charge in [-0.15, -0.1) is 0 Å². The normalized spacial score (nSPS) is 16.4. The molecule has 2 rings (SSSR count). The van der Waals surface area contributed by atoms with E-state index in [9.17, 15) is 0 Å². The molecule has 0 bridgehead atoms. The topological polar surface area (TPSA) is 33.7 Å². The van der Waals surface area contributed by atoms with Crippen molar-refractivity contribution in [3.8, 4) is 11.5 Å². The van der Waals surface area contributed by atoms with Crippen LogP contribution in [-0.2, 0) is 6.54 Å². The van der Waals surface area contributed by atoms with E-state index in [2.05, 4.69) is 30.1 Å². The SMILES string of the molecule is COc1c(C)cc(C)c(CN2CCNCC2)c1OC. The molecule has 1 saturated heterocycles. The third kappa shape index (κ3) is 3.01. The first-order valence-corrected chi connectivity index (χ1v) is 6.81. The van der Waals surface area contributed by atoms with Crippen LogP contribution < -0.4 is 14.8 Å². The number of benzene rings is 1. The van der Waals surface area contributed by atoms with Crippen molar-refractivity contribution in [1.82, 2.24) is 10.2 Å². The van der Waals surface area contributed by atoms with Crippen LogP contribution >= 0.6 is 0 Å². The number of nitrogens with one attached hydrogen (secondary N) is 1.